The Morgan fingerprint density at radius 1 is 1.15 bits per heavy atom. The summed E-state index contributed by atoms with van der Waals surface area (Å²) in [6, 6.07) is 12.1. The highest BCUT2D eigenvalue weighted by Gasteiger charge is 2.30. The second kappa shape index (κ2) is 7.41. The SMILES string of the molecule is CN(Cc1ccc(C(F)(F)F)cc1)C(=O)CSc1nc2ccccc2o1. The number of carbonyl (C=O) groups is 1. The van der Waals surface area contributed by atoms with Gasteiger partial charge in [-0.25, -0.2) is 4.98 Å². The number of hydrogen-bond donors (Lipinski definition) is 0. The molecule has 0 atom stereocenters. The molecule has 1 heterocycles. The van der Waals surface area contributed by atoms with Crippen molar-refractivity contribution in [2.24, 2.45) is 0 Å². The van der Waals surface area contributed by atoms with Crippen molar-refractivity contribution in [1.29, 1.82) is 0 Å². The smallest absolute Gasteiger partial charge is 0.416 e. The highest BCUT2D eigenvalue weighted by atomic mass is 32.2. The first-order valence-corrected chi connectivity index (χ1v) is 8.70. The van der Waals surface area contributed by atoms with Crippen LogP contribution in [0.2, 0.25) is 0 Å². The minimum absolute atomic E-state index is 0.129. The molecular weight excluding hydrogens is 365 g/mol. The number of aromatic nitrogens is 1. The zero-order valence-electron chi connectivity index (χ0n) is 13.8. The van der Waals surface area contributed by atoms with Crippen LogP contribution in [0, 0.1) is 0 Å². The Hall–Kier alpha value is -2.48. The van der Waals surface area contributed by atoms with E-state index in [1.165, 1.54) is 28.8 Å². The Morgan fingerprint density at radius 3 is 2.50 bits per heavy atom. The number of nitrogens with zero attached hydrogens (tertiary/aromatic N) is 2. The summed E-state index contributed by atoms with van der Waals surface area (Å²) in [6.45, 7) is 0.227. The van der Waals surface area contributed by atoms with Gasteiger partial charge in [-0.3, -0.25) is 4.79 Å². The summed E-state index contributed by atoms with van der Waals surface area (Å²) in [5.74, 6) is -0.0404. The van der Waals surface area contributed by atoms with Crippen LogP contribution in [0.25, 0.3) is 11.1 Å². The quantitative estimate of drug-likeness (QED) is 0.607. The van der Waals surface area contributed by atoms with Gasteiger partial charge in [0.1, 0.15) is 5.52 Å². The highest BCUT2D eigenvalue weighted by Crippen LogP contribution is 2.29. The van der Waals surface area contributed by atoms with Gasteiger partial charge in [-0.2, -0.15) is 13.2 Å². The van der Waals surface area contributed by atoms with Crippen LogP contribution < -0.4 is 0 Å². The van der Waals surface area contributed by atoms with E-state index in [2.05, 4.69) is 4.98 Å². The number of amides is 1. The van der Waals surface area contributed by atoms with Gasteiger partial charge in [-0.05, 0) is 29.8 Å². The molecule has 0 bridgehead atoms. The van der Waals surface area contributed by atoms with E-state index in [-0.39, 0.29) is 18.2 Å². The lowest BCUT2D eigenvalue weighted by Gasteiger charge is -2.17. The fourth-order valence-electron chi connectivity index (χ4n) is 2.31. The van der Waals surface area contributed by atoms with E-state index < -0.39 is 11.7 Å². The monoisotopic (exact) mass is 380 g/mol. The van der Waals surface area contributed by atoms with Crippen LogP contribution in [-0.2, 0) is 17.5 Å². The second-order valence-electron chi connectivity index (χ2n) is 5.68. The van der Waals surface area contributed by atoms with E-state index in [0.717, 1.165) is 17.6 Å². The molecule has 3 aromatic rings. The van der Waals surface area contributed by atoms with Gasteiger partial charge in [0.15, 0.2) is 5.58 Å². The van der Waals surface area contributed by atoms with Crippen LogP contribution in [0.1, 0.15) is 11.1 Å². The first-order chi connectivity index (χ1) is 12.3. The standard InChI is InChI=1S/C18H15F3N2O2S/c1-23(10-12-6-8-13(9-7-12)18(19,20)21)16(24)11-26-17-22-14-4-2-3-5-15(14)25-17/h2-9H,10-11H2,1H3. The largest absolute Gasteiger partial charge is 0.431 e. The number of halogens is 3. The number of oxazole rings is 1. The summed E-state index contributed by atoms with van der Waals surface area (Å²) >= 11 is 1.18. The van der Waals surface area contributed by atoms with E-state index in [0.29, 0.717) is 16.4 Å². The molecule has 136 valence electrons. The molecule has 0 aliphatic heterocycles. The first kappa shape index (κ1) is 18.3. The van der Waals surface area contributed by atoms with Gasteiger partial charge in [0.05, 0.1) is 11.3 Å². The predicted octanol–water partition coefficient (Wildman–Crippen LogP) is 4.60. The zero-order chi connectivity index (χ0) is 18.7. The number of fused-ring (bicyclic) bond motifs is 1. The Labute approximate surface area is 152 Å². The van der Waals surface area contributed by atoms with Crippen LogP contribution in [-0.4, -0.2) is 28.6 Å². The van der Waals surface area contributed by atoms with E-state index in [9.17, 15) is 18.0 Å². The molecule has 1 amide bonds. The molecule has 2 aromatic carbocycles. The minimum atomic E-state index is -4.36. The summed E-state index contributed by atoms with van der Waals surface area (Å²) < 4.78 is 43.2. The van der Waals surface area contributed by atoms with Gasteiger partial charge in [0.25, 0.3) is 5.22 Å². The lowest BCUT2D eigenvalue weighted by molar-refractivity contribution is -0.137. The average molecular weight is 380 g/mol. The molecular formula is C18H15F3N2O2S. The molecule has 0 spiro atoms. The maximum Gasteiger partial charge on any atom is 0.416 e. The Bertz CT molecular complexity index is 874. The predicted molar refractivity (Wildman–Crippen MR) is 92.7 cm³/mol. The Balaban J connectivity index is 1.55. The molecule has 1 aromatic heterocycles. The first-order valence-electron chi connectivity index (χ1n) is 7.71. The number of thioether (sulfide) groups is 1. The number of rotatable bonds is 5. The second-order valence-corrected chi connectivity index (χ2v) is 6.61. The van der Waals surface area contributed by atoms with Crippen LogP contribution >= 0.6 is 11.8 Å². The lowest BCUT2D eigenvalue weighted by atomic mass is 10.1. The van der Waals surface area contributed by atoms with Crippen molar-refractivity contribution in [1.82, 2.24) is 9.88 Å². The summed E-state index contributed by atoms with van der Waals surface area (Å²) in [7, 11) is 1.60. The van der Waals surface area contributed by atoms with Crippen molar-refractivity contribution in [3.63, 3.8) is 0 Å². The third-order valence-corrected chi connectivity index (χ3v) is 4.53. The Kier molecular flexibility index (Phi) is 5.22. The summed E-state index contributed by atoms with van der Waals surface area (Å²) in [5, 5.41) is 0.405. The summed E-state index contributed by atoms with van der Waals surface area (Å²) in [5.41, 5.74) is 1.29. The molecule has 0 radical (unpaired) electrons. The van der Waals surface area contributed by atoms with Crippen molar-refractivity contribution in [2.75, 3.05) is 12.8 Å². The van der Waals surface area contributed by atoms with Crippen molar-refractivity contribution in [3.8, 4) is 0 Å². The molecule has 3 rings (SSSR count). The fourth-order valence-corrected chi connectivity index (χ4v) is 3.09. The maximum absolute atomic E-state index is 12.6. The van der Waals surface area contributed by atoms with Crippen LogP contribution in [0.15, 0.2) is 58.2 Å². The van der Waals surface area contributed by atoms with E-state index in [4.69, 9.17) is 4.42 Å². The molecule has 26 heavy (non-hydrogen) atoms. The van der Waals surface area contributed by atoms with Gasteiger partial charge in [-0.1, -0.05) is 36.0 Å². The molecule has 4 nitrogen and oxygen atoms in total. The number of para-hydroxylation sites is 2. The van der Waals surface area contributed by atoms with Crippen LogP contribution in [0.5, 0.6) is 0 Å². The maximum atomic E-state index is 12.6. The molecule has 0 aliphatic carbocycles. The number of alkyl halides is 3. The van der Waals surface area contributed by atoms with Crippen LogP contribution in [0.4, 0.5) is 13.2 Å². The highest BCUT2D eigenvalue weighted by molar-refractivity contribution is 7.99. The third kappa shape index (κ3) is 4.37. The number of hydrogen-bond acceptors (Lipinski definition) is 4. The normalized spacial score (nSPS) is 11.7. The molecule has 0 aliphatic rings. The topological polar surface area (TPSA) is 46.3 Å². The van der Waals surface area contributed by atoms with Gasteiger partial charge < -0.3 is 9.32 Å². The van der Waals surface area contributed by atoms with Gasteiger partial charge in [0, 0.05) is 13.6 Å². The third-order valence-electron chi connectivity index (χ3n) is 3.72. The van der Waals surface area contributed by atoms with Crippen molar-refractivity contribution in [2.45, 2.75) is 17.9 Å². The van der Waals surface area contributed by atoms with Gasteiger partial charge in [-0.15, -0.1) is 0 Å². The molecule has 0 saturated heterocycles. The molecule has 0 N–H and O–H groups in total. The van der Waals surface area contributed by atoms with Crippen molar-refractivity contribution in [3.05, 3.63) is 59.7 Å². The van der Waals surface area contributed by atoms with E-state index in [1.807, 2.05) is 18.2 Å². The molecule has 0 saturated carbocycles. The Morgan fingerprint density at radius 2 is 1.85 bits per heavy atom. The number of carbonyl (C=O) groups excluding carboxylic acids is 1. The summed E-state index contributed by atoms with van der Waals surface area (Å²) in [4.78, 5) is 18.0. The number of benzene rings is 2. The molecule has 8 heteroatoms. The van der Waals surface area contributed by atoms with Gasteiger partial charge in [0.2, 0.25) is 5.91 Å². The fraction of sp³-hybridized carbons (Fsp3) is 0.222. The van der Waals surface area contributed by atoms with E-state index >= 15 is 0 Å². The van der Waals surface area contributed by atoms with Crippen LogP contribution in [0.3, 0.4) is 0 Å². The van der Waals surface area contributed by atoms with Gasteiger partial charge >= 0.3 is 6.18 Å². The molecule has 0 unspecified atom stereocenters. The van der Waals surface area contributed by atoms with Crippen molar-refractivity contribution < 1.29 is 22.4 Å². The lowest BCUT2D eigenvalue weighted by Crippen LogP contribution is -2.27. The van der Waals surface area contributed by atoms with Crippen molar-refractivity contribution >= 4 is 28.8 Å². The van der Waals surface area contributed by atoms with E-state index in [1.54, 1.807) is 13.1 Å². The zero-order valence-corrected chi connectivity index (χ0v) is 14.6. The summed E-state index contributed by atoms with van der Waals surface area (Å²) in [6.07, 6.45) is -4.36. The molecule has 0 fully saturated rings. The average Bonchev–Trinajstić information content (AvgIpc) is 3.02. The minimum Gasteiger partial charge on any atom is -0.431 e.